The zero-order valence-electron chi connectivity index (χ0n) is 20.5. The Labute approximate surface area is 229 Å². The second kappa shape index (κ2) is 10.8. The first-order valence-corrected chi connectivity index (χ1v) is 14.1. The molecule has 0 bridgehead atoms. The summed E-state index contributed by atoms with van der Waals surface area (Å²) in [4.78, 5) is 13.1. The molecule has 0 saturated carbocycles. The van der Waals surface area contributed by atoms with E-state index in [9.17, 15) is 13.2 Å². The van der Waals surface area contributed by atoms with Gasteiger partial charge in [-0.3, -0.25) is 9.10 Å². The molecular formula is C30H24BrN3O3S. The molecule has 5 rings (SSSR count). The molecule has 0 aliphatic heterocycles. The summed E-state index contributed by atoms with van der Waals surface area (Å²) < 4.78 is 29.0. The highest BCUT2D eigenvalue weighted by Gasteiger charge is 2.27. The number of hydrogen-bond acceptors (Lipinski definition) is 4. The molecule has 8 heteroatoms. The monoisotopic (exact) mass is 585 g/mol. The van der Waals surface area contributed by atoms with E-state index in [-0.39, 0.29) is 4.90 Å². The standard InChI is InChI=1S/C30H24BrN3O3S/c1-21-10-16-26(17-11-21)38(36,37)34(25-14-12-24(31)13-15-25)20-30(35)33-32-19-29-27-8-4-2-6-22(27)18-23-7-3-5-9-28(23)29/h2-19H,20H2,1H3,(H,33,35)/b32-19-. The van der Waals surface area contributed by atoms with Crippen LogP contribution in [0.5, 0.6) is 0 Å². The summed E-state index contributed by atoms with van der Waals surface area (Å²) in [6.07, 6.45) is 1.61. The van der Waals surface area contributed by atoms with Crippen LogP contribution in [0.4, 0.5) is 5.69 Å². The zero-order valence-corrected chi connectivity index (χ0v) is 22.9. The van der Waals surface area contributed by atoms with Crippen molar-refractivity contribution in [3.05, 3.63) is 119 Å². The van der Waals surface area contributed by atoms with E-state index in [1.54, 1.807) is 42.6 Å². The maximum atomic E-state index is 13.5. The van der Waals surface area contributed by atoms with Gasteiger partial charge in [0.1, 0.15) is 6.54 Å². The van der Waals surface area contributed by atoms with E-state index in [0.717, 1.165) is 41.4 Å². The van der Waals surface area contributed by atoms with Gasteiger partial charge in [0, 0.05) is 10.0 Å². The number of hydrazone groups is 1. The van der Waals surface area contributed by atoms with Crippen molar-refractivity contribution in [2.75, 3.05) is 10.8 Å². The van der Waals surface area contributed by atoms with Gasteiger partial charge >= 0.3 is 0 Å². The van der Waals surface area contributed by atoms with Crippen LogP contribution in [0.2, 0.25) is 0 Å². The van der Waals surface area contributed by atoms with Crippen molar-refractivity contribution in [3.63, 3.8) is 0 Å². The van der Waals surface area contributed by atoms with Crippen LogP contribution in [0.15, 0.2) is 118 Å². The molecule has 6 nitrogen and oxygen atoms in total. The molecule has 1 N–H and O–H groups in total. The van der Waals surface area contributed by atoms with Crippen molar-refractivity contribution in [1.82, 2.24) is 5.43 Å². The van der Waals surface area contributed by atoms with Crippen molar-refractivity contribution in [2.24, 2.45) is 5.10 Å². The molecular weight excluding hydrogens is 562 g/mol. The lowest BCUT2D eigenvalue weighted by Gasteiger charge is -2.23. The number of fused-ring (bicyclic) bond motifs is 2. The summed E-state index contributed by atoms with van der Waals surface area (Å²) >= 11 is 3.37. The summed E-state index contributed by atoms with van der Waals surface area (Å²) in [6.45, 7) is 1.44. The van der Waals surface area contributed by atoms with Gasteiger partial charge in [0.05, 0.1) is 16.8 Å². The number of nitrogens with zero attached hydrogens (tertiary/aromatic N) is 2. The minimum Gasteiger partial charge on any atom is -0.271 e. The van der Waals surface area contributed by atoms with E-state index in [1.807, 2.05) is 55.5 Å². The Morgan fingerprint density at radius 3 is 2.05 bits per heavy atom. The number of carbonyl (C=O) groups excluding carboxylic acids is 1. The Bertz CT molecular complexity index is 1710. The average molecular weight is 587 g/mol. The molecule has 0 unspecified atom stereocenters. The molecule has 0 heterocycles. The van der Waals surface area contributed by atoms with E-state index in [0.29, 0.717) is 5.69 Å². The minimum absolute atomic E-state index is 0.101. The van der Waals surface area contributed by atoms with E-state index >= 15 is 0 Å². The molecule has 0 saturated heterocycles. The lowest BCUT2D eigenvalue weighted by Crippen LogP contribution is -2.39. The molecule has 0 aliphatic rings. The minimum atomic E-state index is -4.01. The number of nitrogens with one attached hydrogen (secondary N) is 1. The summed E-state index contributed by atoms with van der Waals surface area (Å²) in [7, 11) is -4.01. The van der Waals surface area contributed by atoms with Crippen LogP contribution in [0.3, 0.4) is 0 Å². The molecule has 0 fully saturated rings. The smallest absolute Gasteiger partial charge is 0.264 e. The number of aryl methyl sites for hydroxylation is 1. The van der Waals surface area contributed by atoms with Gasteiger partial charge < -0.3 is 0 Å². The van der Waals surface area contributed by atoms with Crippen molar-refractivity contribution in [3.8, 4) is 0 Å². The first-order chi connectivity index (χ1) is 18.3. The second-order valence-electron chi connectivity index (χ2n) is 8.83. The highest BCUT2D eigenvalue weighted by atomic mass is 79.9. The summed E-state index contributed by atoms with van der Waals surface area (Å²) in [6, 6.07) is 31.4. The maximum absolute atomic E-state index is 13.5. The predicted octanol–water partition coefficient (Wildman–Crippen LogP) is 6.41. The number of amides is 1. The van der Waals surface area contributed by atoms with Gasteiger partial charge in [0.2, 0.25) is 0 Å². The molecule has 1 amide bonds. The quantitative estimate of drug-likeness (QED) is 0.136. The van der Waals surface area contributed by atoms with Crippen LogP contribution in [0.1, 0.15) is 11.1 Å². The van der Waals surface area contributed by atoms with E-state index in [1.165, 1.54) is 12.1 Å². The van der Waals surface area contributed by atoms with E-state index < -0.39 is 22.5 Å². The number of rotatable bonds is 7. The first-order valence-electron chi connectivity index (χ1n) is 11.9. The van der Waals surface area contributed by atoms with Gasteiger partial charge in [-0.25, -0.2) is 13.8 Å². The van der Waals surface area contributed by atoms with Crippen LogP contribution in [0.25, 0.3) is 21.5 Å². The zero-order chi connectivity index (χ0) is 26.7. The molecule has 0 atom stereocenters. The van der Waals surface area contributed by atoms with Crippen molar-refractivity contribution in [1.29, 1.82) is 0 Å². The summed E-state index contributed by atoms with van der Waals surface area (Å²) in [5.41, 5.74) is 4.70. The topological polar surface area (TPSA) is 78.8 Å². The third-order valence-corrected chi connectivity index (χ3v) is 8.52. The van der Waals surface area contributed by atoms with Crippen LogP contribution in [0, 0.1) is 6.92 Å². The molecule has 0 radical (unpaired) electrons. The van der Waals surface area contributed by atoms with Gasteiger partial charge in [-0.1, -0.05) is 82.2 Å². The Balaban J connectivity index is 1.44. The summed E-state index contributed by atoms with van der Waals surface area (Å²) in [5, 5.41) is 8.34. The fourth-order valence-corrected chi connectivity index (χ4v) is 5.97. The molecule has 190 valence electrons. The highest BCUT2D eigenvalue weighted by molar-refractivity contribution is 9.10. The third kappa shape index (κ3) is 5.32. The number of carbonyl (C=O) groups is 1. The van der Waals surface area contributed by atoms with E-state index in [2.05, 4.69) is 32.5 Å². The van der Waals surface area contributed by atoms with Crippen molar-refractivity contribution in [2.45, 2.75) is 11.8 Å². The van der Waals surface area contributed by atoms with Crippen LogP contribution < -0.4 is 9.73 Å². The van der Waals surface area contributed by atoms with Crippen molar-refractivity contribution < 1.29 is 13.2 Å². The Morgan fingerprint density at radius 2 is 1.45 bits per heavy atom. The predicted molar refractivity (Wildman–Crippen MR) is 157 cm³/mol. The van der Waals surface area contributed by atoms with Gasteiger partial charge in [-0.05, 0) is 70.9 Å². The molecule has 5 aromatic carbocycles. The van der Waals surface area contributed by atoms with Crippen molar-refractivity contribution >= 4 is 65.3 Å². The number of halogens is 1. The van der Waals surface area contributed by atoms with Crippen LogP contribution in [-0.4, -0.2) is 27.1 Å². The van der Waals surface area contributed by atoms with E-state index in [4.69, 9.17) is 0 Å². The second-order valence-corrected chi connectivity index (χ2v) is 11.6. The van der Waals surface area contributed by atoms with Gasteiger partial charge in [-0.15, -0.1) is 0 Å². The molecule has 0 spiro atoms. The van der Waals surface area contributed by atoms with Gasteiger partial charge in [0.25, 0.3) is 15.9 Å². The van der Waals surface area contributed by atoms with Gasteiger partial charge in [0.15, 0.2) is 0 Å². The fourth-order valence-electron chi connectivity index (χ4n) is 4.28. The third-order valence-electron chi connectivity index (χ3n) is 6.21. The average Bonchev–Trinajstić information content (AvgIpc) is 2.92. The van der Waals surface area contributed by atoms with Gasteiger partial charge in [-0.2, -0.15) is 5.10 Å². The first kappa shape index (κ1) is 25.6. The molecule has 0 aliphatic carbocycles. The van der Waals surface area contributed by atoms with Crippen LogP contribution in [-0.2, 0) is 14.8 Å². The number of hydrogen-bond donors (Lipinski definition) is 1. The lowest BCUT2D eigenvalue weighted by atomic mass is 9.97. The Hall–Kier alpha value is -4.01. The number of sulfonamides is 1. The Morgan fingerprint density at radius 1 is 0.868 bits per heavy atom. The number of anilines is 1. The fraction of sp³-hybridized carbons (Fsp3) is 0.0667. The Kier molecular flexibility index (Phi) is 7.26. The molecule has 0 aromatic heterocycles. The lowest BCUT2D eigenvalue weighted by molar-refractivity contribution is -0.119. The SMILES string of the molecule is Cc1ccc(S(=O)(=O)N(CC(=O)N/N=C\c2c3ccccc3cc3ccccc23)c2ccc(Br)cc2)cc1. The summed E-state index contributed by atoms with van der Waals surface area (Å²) in [5.74, 6) is -0.565. The number of benzene rings is 5. The highest BCUT2D eigenvalue weighted by Crippen LogP contribution is 2.28. The normalized spacial score (nSPS) is 11.7. The van der Waals surface area contributed by atoms with Crippen LogP contribution >= 0.6 is 15.9 Å². The maximum Gasteiger partial charge on any atom is 0.264 e. The largest absolute Gasteiger partial charge is 0.271 e. The molecule has 5 aromatic rings. The molecule has 38 heavy (non-hydrogen) atoms.